The van der Waals surface area contributed by atoms with E-state index in [9.17, 15) is 0 Å². The summed E-state index contributed by atoms with van der Waals surface area (Å²) >= 11 is 0. The molecule has 2 rings (SSSR count). The number of nitrogens with one attached hydrogen (secondary N) is 1. The molecule has 0 aliphatic heterocycles. The van der Waals surface area contributed by atoms with Crippen molar-refractivity contribution in [1.29, 1.82) is 0 Å². The highest BCUT2D eigenvalue weighted by atomic mass is 16.5. The third-order valence-corrected chi connectivity index (χ3v) is 2.46. The van der Waals surface area contributed by atoms with Crippen LogP contribution in [0, 0.1) is 0 Å². The first-order valence-electron chi connectivity index (χ1n) is 5.51. The number of aromatic amines is 1. The summed E-state index contributed by atoms with van der Waals surface area (Å²) in [5, 5.41) is 13.5. The average Bonchev–Trinajstić information content (AvgIpc) is 2.78. The predicted molar refractivity (Wildman–Crippen MR) is 63.7 cm³/mol. The van der Waals surface area contributed by atoms with E-state index in [4.69, 9.17) is 4.74 Å². The monoisotopic (exact) mass is 232 g/mol. The molecule has 1 heterocycles. The van der Waals surface area contributed by atoms with Gasteiger partial charge < -0.3 is 4.74 Å². The second-order valence-corrected chi connectivity index (χ2v) is 4.89. The van der Waals surface area contributed by atoms with Gasteiger partial charge in [-0.3, -0.25) is 0 Å². The molecule has 2 aromatic rings. The molecule has 0 aliphatic carbocycles. The second kappa shape index (κ2) is 4.53. The molecule has 0 atom stereocenters. The first-order valence-corrected chi connectivity index (χ1v) is 5.51. The first kappa shape index (κ1) is 11.6. The third kappa shape index (κ3) is 3.03. The highest BCUT2D eigenvalue weighted by Gasteiger charge is 2.13. The van der Waals surface area contributed by atoms with Crippen LogP contribution in [0.3, 0.4) is 0 Å². The molecule has 0 aliphatic rings. The number of hydrogen-bond donors (Lipinski definition) is 1. The van der Waals surface area contributed by atoms with Crippen LogP contribution in [0.15, 0.2) is 24.3 Å². The molecule has 0 unspecified atom stereocenters. The lowest BCUT2D eigenvalue weighted by Crippen LogP contribution is -2.11. The Bertz CT molecular complexity index is 474. The maximum absolute atomic E-state index is 5.60. The minimum Gasteiger partial charge on any atom is -0.485 e. The Balaban J connectivity index is 2.07. The van der Waals surface area contributed by atoms with Crippen molar-refractivity contribution >= 4 is 0 Å². The summed E-state index contributed by atoms with van der Waals surface area (Å²) in [4.78, 5) is 0. The standard InChI is InChI=1S/C12H16N4O/c1-12(2,3)9-5-4-6-10(7-9)17-8-11-13-15-16-14-11/h4-7H,8H2,1-3H3,(H,13,14,15,16). The summed E-state index contributed by atoms with van der Waals surface area (Å²) in [6.07, 6.45) is 0. The Hall–Kier alpha value is -1.91. The Morgan fingerprint density at radius 2 is 2.12 bits per heavy atom. The molecule has 1 aromatic heterocycles. The minimum atomic E-state index is 0.117. The van der Waals surface area contributed by atoms with Crippen molar-refractivity contribution in [2.75, 3.05) is 0 Å². The number of H-pyrrole nitrogens is 1. The molecule has 0 bridgehead atoms. The van der Waals surface area contributed by atoms with Gasteiger partial charge in [0, 0.05) is 0 Å². The minimum absolute atomic E-state index is 0.117. The van der Waals surface area contributed by atoms with Gasteiger partial charge >= 0.3 is 0 Å². The quantitative estimate of drug-likeness (QED) is 0.880. The van der Waals surface area contributed by atoms with Crippen molar-refractivity contribution < 1.29 is 4.74 Å². The fourth-order valence-corrected chi connectivity index (χ4v) is 1.44. The summed E-state index contributed by atoms with van der Waals surface area (Å²) in [5.41, 5.74) is 1.36. The van der Waals surface area contributed by atoms with Gasteiger partial charge in [-0.15, -0.1) is 10.2 Å². The van der Waals surface area contributed by atoms with E-state index in [1.165, 1.54) is 5.56 Å². The molecule has 0 fully saturated rings. The largest absolute Gasteiger partial charge is 0.485 e. The van der Waals surface area contributed by atoms with Crippen LogP contribution in [0.4, 0.5) is 0 Å². The van der Waals surface area contributed by atoms with Crippen LogP contribution in [0.2, 0.25) is 0 Å². The molecular formula is C12H16N4O. The molecule has 90 valence electrons. The molecule has 0 radical (unpaired) electrons. The van der Waals surface area contributed by atoms with Gasteiger partial charge in [0.15, 0.2) is 6.61 Å². The van der Waals surface area contributed by atoms with Gasteiger partial charge in [-0.25, -0.2) is 0 Å². The zero-order chi connectivity index (χ0) is 12.3. The Morgan fingerprint density at radius 1 is 1.29 bits per heavy atom. The second-order valence-electron chi connectivity index (χ2n) is 4.89. The van der Waals surface area contributed by atoms with Gasteiger partial charge in [0.25, 0.3) is 0 Å². The van der Waals surface area contributed by atoms with Crippen molar-refractivity contribution in [3.8, 4) is 5.75 Å². The Morgan fingerprint density at radius 3 is 2.76 bits per heavy atom. The van der Waals surface area contributed by atoms with E-state index in [0.717, 1.165) is 5.75 Å². The molecule has 1 aromatic carbocycles. The molecule has 0 saturated heterocycles. The zero-order valence-electron chi connectivity index (χ0n) is 10.3. The van der Waals surface area contributed by atoms with Crippen molar-refractivity contribution in [3.63, 3.8) is 0 Å². The van der Waals surface area contributed by atoms with E-state index in [1.54, 1.807) is 0 Å². The van der Waals surface area contributed by atoms with E-state index in [1.807, 2.05) is 18.2 Å². The number of rotatable bonds is 3. The van der Waals surface area contributed by atoms with Crippen molar-refractivity contribution in [1.82, 2.24) is 20.6 Å². The lowest BCUT2D eigenvalue weighted by molar-refractivity contribution is 0.295. The molecule has 0 saturated carbocycles. The predicted octanol–water partition coefficient (Wildman–Crippen LogP) is 2.08. The summed E-state index contributed by atoms with van der Waals surface area (Å²) in [6, 6.07) is 8.06. The zero-order valence-corrected chi connectivity index (χ0v) is 10.3. The van der Waals surface area contributed by atoms with Crippen LogP contribution < -0.4 is 4.74 Å². The molecule has 17 heavy (non-hydrogen) atoms. The maximum Gasteiger partial charge on any atom is 0.211 e. The summed E-state index contributed by atoms with van der Waals surface area (Å²) in [7, 11) is 0. The SMILES string of the molecule is CC(C)(C)c1cccc(OCc2nn[nH]n2)c1. The number of ether oxygens (including phenoxy) is 1. The number of benzene rings is 1. The van der Waals surface area contributed by atoms with Crippen molar-refractivity contribution in [2.45, 2.75) is 32.8 Å². The van der Waals surface area contributed by atoms with Crippen LogP contribution >= 0.6 is 0 Å². The number of hydrogen-bond acceptors (Lipinski definition) is 4. The van der Waals surface area contributed by atoms with Gasteiger partial charge in [0.2, 0.25) is 5.82 Å². The number of aromatic nitrogens is 4. The highest BCUT2D eigenvalue weighted by Crippen LogP contribution is 2.25. The number of nitrogens with zero attached hydrogens (tertiary/aromatic N) is 3. The van der Waals surface area contributed by atoms with Gasteiger partial charge in [-0.1, -0.05) is 38.1 Å². The molecule has 0 amide bonds. The lowest BCUT2D eigenvalue weighted by atomic mass is 9.87. The lowest BCUT2D eigenvalue weighted by Gasteiger charge is -2.19. The van der Waals surface area contributed by atoms with Crippen molar-refractivity contribution in [3.05, 3.63) is 35.7 Å². The van der Waals surface area contributed by atoms with Gasteiger partial charge in [0.1, 0.15) is 5.75 Å². The fraction of sp³-hybridized carbons (Fsp3) is 0.417. The Labute approximate surface area is 100 Å². The van der Waals surface area contributed by atoms with Crippen LogP contribution in [0.1, 0.15) is 32.2 Å². The van der Waals surface area contributed by atoms with E-state index in [0.29, 0.717) is 12.4 Å². The van der Waals surface area contributed by atoms with Crippen LogP contribution in [-0.4, -0.2) is 20.6 Å². The van der Waals surface area contributed by atoms with Gasteiger partial charge in [-0.05, 0) is 23.1 Å². The maximum atomic E-state index is 5.60. The average molecular weight is 232 g/mol. The van der Waals surface area contributed by atoms with Gasteiger partial charge in [0.05, 0.1) is 0 Å². The molecule has 0 spiro atoms. The number of tetrazole rings is 1. The normalized spacial score (nSPS) is 11.5. The molecule has 1 N–H and O–H groups in total. The molecular weight excluding hydrogens is 216 g/mol. The van der Waals surface area contributed by atoms with E-state index in [2.05, 4.69) is 47.5 Å². The van der Waals surface area contributed by atoms with Crippen molar-refractivity contribution in [2.24, 2.45) is 0 Å². The van der Waals surface area contributed by atoms with Crippen LogP contribution in [0.25, 0.3) is 0 Å². The van der Waals surface area contributed by atoms with Crippen LogP contribution in [-0.2, 0) is 12.0 Å². The fourth-order valence-electron chi connectivity index (χ4n) is 1.44. The van der Waals surface area contributed by atoms with Crippen LogP contribution in [0.5, 0.6) is 5.75 Å². The third-order valence-electron chi connectivity index (χ3n) is 2.46. The Kier molecular flexibility index (Phi) is 3.08. The van der Waals surface area contributed by atoms with E-state index >= 15 is 0 Å². The topological polar surface area (TPSA) is 63.7 Å². The summed E-state index contributed by atoms with van der Waals surface area (Å²) in [5.74, 6) is 1.37. The highest BCUT2D eigenvalue weighted by molar-refractivity contribution is 5.32. The smallest absolute Gasteiger partial charge is 0.211 e. The first-order chi connectivity index (χ1) is 8.05. The van der Waals surface area contributed by atoms with Gasteiger partial charge in [-0.2, -0.15) is 5.21 Å². The summed E-state index contributed by atoms with van der Waals surface area (Å²) < 4.78 is 5.60. The molecule has 5 heteroatoms. The molecule has 5 nitrogen and oxygen atoms in total. The van der Waals surface area contributed by atoms with E-state index in [-0.39, 0.29) is 5.41 Å². The summed E-state index contributed by atoms with van der Waals surface area (Å²) in [6.45, 7) is 6.84. The van der Waals surface area contributed by atoms with E-state index < -0.39 is 0 Å².